The third kappa shape index (κ3) is 3.47. The fourth-order valence-electron chi connectivity index (χ4n) is 2.91. The number of carbonyl (C=O) groups is 1. The van der Waals surface area contributed by atoms with E-state index in [4.69, 9.17) is 9.47 Å². The topological polar surface area (TPSA) is 35.5 Å². The summed E-state index contributed by atoms with van der Waals surface area (Å²) in [7, 11) is 1.49. The molecule has 3 heteroatoms. The Kier molecular flexibility index (Phi) is 6.13. The maximum Gasteiger partial charge on any atom is 0.314 e. The van der Waals surface area contributed by atoms with Crippen molar-refractivity contribution in [2.24, 2.45) is 11.3 Å². The first-order valence-corrected chi connectivity index (χ1v) is 7.26. The Hall–Kier alpha value is -0.570. The van der Waals surface area contributed by atoms with E-state index in [-0.39, 0.29) is 17.5 Å². The average Bonchev–Trinajstić information content (AvgIpc) is 2.77. The third-order valence-electron chi connectivity index (χ3n) is 3.99. The zero-order valence-electron chi connectivity index (χ0n) is 12.3. The van der Waals surface area contributed by atoms with Gasteiger partial charge in [-0.05, 0) is 44.4 Å². The number of rotatable bonds is 7. The van der Waals surface area contributed by atoms with Gasteiger partial charge >= 0.3 is 5.97 Å². The van der Waals surface area contributed by atoms with Gasteiger partial charge in [-0.1, -0.05) is 20.8 Å². The van der Waals surface area contributed by atoms with Gasteiger partial charge < -0.3 is 9.47 Å². The van der Waals surface area contributed by atoms with Crippen LogP contribution in [0.25, 0.3) is 0 Å². The van der Waals surface area contributed by atoms with Crippen LogP contribution in [-0.4, -0.2) is 25.8 Å². The van der Waals surface area contributed by atoms with Gasteiger partial charge in [0.2, 0.25) is 0 Å². The number of hydrogen-bond donors (Lipinski definition) is 0. The van der Waals surface area contributed by atoms with Crippen molar-refractivity contribution in [3.8, 4) is 0 Å². The summed E-state index contributed by atoms with van der Waals surface area (Å²) in [6.07, 6.45) is 5.99. The van der Waals surface area contributed by atoms with Crippen LogP contribution in [0.1, 0.15) is 59.3 Å². The molecule has 1 aliphatic rings. The van der Waals surface area contributed by atoms with Crippen molar-refractivity contribution >= 4 is 5.97 Å². The molecule has 2 atom stereocenters. The molecule has 3 nitrogen and oxygen atoms in total. The Labute approximate surface area is 111 Å². The highest BCUT2D eigenvalue weighted by Crippen LogP contribution is 2.45. The van der Waals surface area contributed by atoms with Crippen molar-refractivity contribution in [3.05, 3.63) is 0 Å². The molecule has 0 bridgehead atoms. The van der Waals surface area contributed by atoms with E-state index in [1.807, 2.05) is 0 Å². The highest BCUT2D eigenvalue weighted by Gasteiger charge is 2.50. The van der Waals surface area contributed by atoms with E-state index in [2.05, 4.69) is 20.8 Å². The van der Waals surface area contributed by atoms with Crippen molar-refractivity contribution in [3.63, 3.8) is 0 Å². The zero-order valence-corrected chi connectivity index (χ0v) is 12.3. The number of hydrogen-bond acceptors (Lipinski definition) is 3. The summed E-state index contributed by atoms with van der Waals surface area (Å²) in [6.45, 7) is 7.23. The molecule has 2 unspecified atom stereocenters. The Morgan fingerprint density at radius 2 is 2.17 bits per heavy atom. The molecule has 0 saturated heterocycles. The van der Waals surface area contributed by atoms with E-state index in [1.165, 1.54) is 7.11 Å². The highest BCUT2D eigenvalue weighted by molar-refractivity contribution is 5.78. The number of methoxy groups -OCH3 is 1. The molecule has 0 radical (unpaired) electrons. The van der Waals surface area contributed by atoms with Crippen LogP contribution >= 0.6 is 0 Å². The summed E-state index contributed by atoms with van der Waals surface area (Å²) in [5.41, 5.74) is -0.381. The molecular formula is C15H28O3. The molecule has 0 aromatic carbocycles. The molecule has 0 aromatic heterocycles. The second kappa shape index (κ2) is 7.13. The largest absolute Gasteiger partial charge is 0.469 e. The lowest BCUT2D eigenvalue weighted by atomic mass is 9.78. The van der Waals surface area contributed by atoms with E-state index < -0.39 is 0 Å². The van der Waals surface area contributed by atoms with Crippen LogP contribution in [0.5, 0.6) is 0 Å². The van der Waals surface area contributed by atoms with E-state index in [0.29, 0.717) is 5.92 Å². The minimum atomic E-state index is -0.381. The molecule has 106 valence electrons. The van der Waals surface area contributed by atoms with Crippen molar-refractivity contribution in [2.75, 3.05) is 13.7 Å². The van der Waals surface area contributed by atoms with Gasteiger partial charge in [0.25, 0.3) is 0 Å². The first-order chi connectivity index (χ1) is 8.56. The molecule has 0 aliphatic heterocycles. The zero-order chi connectivity index (χ0) is 13.6. The summed E-state index contributed by atoms with van der Waals surface area (Å²) < 4.78 is 11.0. The predicted molar refractivity (Wildman–Crippen MR) is 72.4 cm³/mol. The fourth-order valence-corrected chi connectivity index (χ4v) is 2.91. The van der Waals surface area contributed by atoms with Crippen LogP contribution in [0.4, 0.5) is 0 Å². The molecule has 0 N–H and O–H groups in total. The van der Waals surface area contributed by atoms with Crippen LogP contribution in [-0.2, 0) is 14.3 Å². The first kappa shape index (κ1) is 15.5. The minimum Gasteiger partial charge on any atom is -0.469 e. The van der Waals surface area contributed by atoms with Crippen LogP contribution in [0, 0.1) is 11.3 Å². The molecule has 0 amide bonds. The Morgan fingerprint density at radius 3 is 2.72 bits per heavy atom. The fraction of sp³-hybridized carbons (Fsp3) is 0.933. The second-order valence-corrected chi connectivity index (χ2v) is 5.83. The number of esters is 1. The summed E-state index contributed by atoms with van der Waals surface area (Å²) in [5.74, 6) is 0.542. The third-order valence-corrected chi connectivity index (χ3v) is 3.99. The van der Waals surface area contributed by atoms with Crippen molar-refractivity contribution in [1.82, 2.24) is 0 Å². The van der Waals surface area contributed by atoms with Gasteiger partial charge in [0.15, 0.2) is 0 Å². The molecule has 0 heterocycles. The van der Waals surface area contributed by atoms with Gasteiger partial charge in [0.1, 0.15) is 0 Å². The summed E-state index contributed by atoms with van der Waals surface area (Å²) in [5, 5.41) is 0. The smallest absolute Gasteiger partial charge is 0.314 e. The van der Waals surface area contributed by atoms with E-state index in [1.54, 1.807) is 0 Å². The predicted octanol–water partition coefficient (Wildman–Crippen LogP) is 3.56. The van der Waals surface area contributed by atoms with E-state index in [9.17, 15) is 4.79 Å². The maximum absolute atomic E-state index is 12.2. The molecule has 1 fully saturated rings. The van der Waals surface area contributed by atoms with Gasteiger partial charge in [-0.3, -0.25) is 4.79 Å². The van der Waals surface area contributed by atoms with Crippen molar-refractivity contribution in [2.45, 2.75) is 65.4 Å². The quantitative estimate of drug-likeness (QED) is 0.653. The second-order valence-electron chi connectivity index (χ2n) is 5.83. The van der Waals surface area contributed by atoms with Gasteiger partial charge in [-0.25, -0.2) is 0 Å². The summed E-state index contributed by atoms with van der Waals surface area (Å²) in [4.78, 5) is 12.2. The van der Waals surface area contributed by atoms with E-state index >= 15 is 0 Å². The number of ether oxygens (including phenoxy) is 2. The summed E-state index contributed by atoms with van der Waals surface area (Å²) >= 11 is 0. The SMILES string of the molecule is CCCOC1CCCC1(CCC(C)C)C(=O)OC. The minimum absolute atomic E-state index is 0.0589. The van der Waals surface area contributed by atoms with Gasteiger partial charge in [-0.2, -0.15) is 0 Å². The van der Waals surface area contributed by atoms with Gasteiger partial charge in [0.05, 0.1) is 18.6 Å². The summed E-state index contributed by atoms with van der Waals surface area (Å²) in [6, 6.07) is 0. The Morgan fingerprint density at radius 1 is 1.44 bits per heavy atom. The van der Waals surface area contributed by atoms with Crippen LogP contribution in [0.2, 0.25) is 0 Å². The Balaban J connectivity index is 2.77. The van der Waals surface area contributed by atoms with Crippen LogP contribution < -0.4 is 0 Å². The van der Waals surface area contributed by atoms with Gasteiger partial charge in [-0.15, -0.1) is 0 Å². The number of carbonyl (C=O) groups excluding carboxylic acids is 1. The molecule has 18 heavy (non-hydrogen) atoms. The molecule has 1 rings (SSSR count). The van der Waals surface area contributed by atoms with Crippen molar-refractivity contribution < 1.29 is 14.3 Å². The molecule has 0 aromatic rings. The lowest BCUT2D eigenvalue weighted by Gasteiger charge is -2.33. The molecule has 1 aliphatic carbocycles. The molecule has 1 saturated carbocycles. The van der Waals surface area contributed by atoms with Gasteiger partial charge in [0, 0.05) is 6.61 Å². The standard InChI is InChI=1S/C15H28O3/c1-5-11-18-13-7-6-9-15(13,14(16)17-4)10-8-12(2)3/h12-13H,5-11H2,1-4H3. The normalized spacial score (nSPS) is 27.7. The van der Waals surface area contributed by atoms with Crippen LogP contribution in [0.3, 0.4) is 0 Å². The Bertz CT molecular complexity index is 262. The highest BCUT2D eigenvalue weighted by atomic mass is 16.5. The first-order valence-electron chi connectivity index (χ1n) is 7.26. The lowest BCUT2D eigenvalue weighted by molar-refractivity contribution is -0.162. The molecular weight excluding hydrogens is 228 g/mol. The lowest BCUT2D eigenvalue weighted by Crippen LogP contribution is -2.41. The maximum atomic E-state index is 12.2. The monoisotopic (exact) mass is 256 g/mol. The average molecular weight is 256 g/mol. The molecule has 0 spiro atoms. The van der Waals surface area contributed by atoms with Crippen LogP contribution in [0.15, 0.2) is 0 Å². The van der Waals surface area contributed by atoms with E-state index in [0.717, 1.165) is 45.1 Å². The van der Waals surface area contributed by atoms with Crippen molar-refractivity contribution in [1.29, 1.82) is 0 Å².